The summed E-state index contributed by atoms with van der Waals surface area (Å²) in [7, 11) is 0. The van der Waals surface area contributed by atoms with E-state index in [1.54, 1.807) is 0 Å². The van der Waals surface area contributed by atoms with Crippen molar-refractivity contribution in [2.45, 2.75) is 91.6 Å². The van der Waals surface area contributed by atoms with Gasteiger partial charge in [0, 0.05) is 22.5 Å². The number of carbonyl (C=O) groups excluding carboxylic acids is 2. The molecule has 0 spiro atoms. The van der Waals surface area contributed by atoms with Crippen LogP contribution in [0.5, 0.6) is 0 Å². The van der Waals surface area contributed by atoms with Gasteiger partial charge in [-0.1, -0.05) is 81.0 Å². The summed E-state index contributed by atoms with van der Waals surface area (Å²) in [5.74, 6) is 0.0516. The molecule has 1 amide bonds. The van der Waals surface area contributed by atoms with Crippen molar-refractivity contribution in [1.29, 1.82) is 0 Å². The zero-order chi connectivity index (χ0) is 25.3. The summed E-state index contributed by atoms with van der Waals surface area (Å²) in [6.45, 7) is 6.44. The van der Waals surface area contributed by atoms with E-state index in [1.807, 2.05) is 56.3 Å². The topological polar surface area (TPSA) is 55.4 Å². The predicted molar refractivity (Wildman–Crippen MR) is 144 cm³/mol. The van der Waals surface area contributed by atoms with Gasteiger partial charge in [-0.3, -0.25) is 9.59 Å². The Morgan fingerprint density at radius 2 is 1.74 bits per heavy atom. The molecule has 4 nitrogen and oxygen atoms in total. The molecule has 1 unspecified atom stereocenters. The van der Waals surface area contributed by atoms with Gasteiger partial charge in [0.25, 0.3) is 0 Å². The molecule has 1 N–H and O–H groups in total. The van der Waals surface area contributed by atoms with Gasteiger partial charge in [-0.25, -0.2) is 0 Å². The smallest absolute Gasteiger partial charge is 0.306 e. The minimum Gasteiger partial charge on any atom is -0.461 e. The van der Waals surface area contributed by atoms with Gasteiger partial charge in [-0.2, -0.15) is 0 Å². The van der Waals surface area contributed by atoms with E-state index in [4.69, 9.17) is 16.3 Å². The van der Waals surface area contributed by atoms with E-state index in [-0.39, 0.29) is 17.8 Å². The number of benzene rings is 2. The Morgan fingerprint density at radius 1 is 1.06 bits per heavy atom. The number of rotatable bonds is 13. The van der Waals surface area contributed by atoms with Crippen LogP contribution in [0.15, 0.2) is 42.5 Å². The van der Waals surface area contributed by atoms with Crippen molar-refractivity contribution in [1.82, 2.24) is 0 Å². The lowest BCUT2D eigenvalue weighted by molar-refractivity contribution is -0.147. The van der Waals surface area contributed by atoms with Gasteiger partial charge in [-0.15, -0.1) is 0 Å². The molecule has 1 fully saturated rings. The summed E-state index contributed by atoms with van der Waals surface area (Å²) in [4.78, 5) is 26.3. The van der Waals surface area contributed by atoms with E-state index < -0.39 is 5.41 Å². The molecule has 2 aromatic carbocycles. The number of unbranched alkanes of at least 4 members (excludes halogenated alkanes) is 3. The molecular formula is C30H40ClNO3. The Balaban J connectivity index is 1.66. The van der Waals surface area contributed by atoms with Gasteiger partial charge in [-0.05, 0) is 74.3 Å². The van der Waals surface area contributed by atoms with Crippen LogP contribution in [0.2, 0.25) is 5.02 Å². The highest BCUT2D eigenvalue weighted by Crippen LogP contribution is 2.48. The van der Waals surface area contributed by atoms with Gasteiger partial charge in [0.15, 0.2) is 0 Å². The van der Waals surface area contributed by atoms with Crippen molar-refractivity contribution in [3.8, 4) is 0 Å². The normalized spacial score (nSPS) is 15.2. The molecule has 2 aromatic rings. The predicted octanol–water partition coefficient (Wildman–Crippen LogP) is 8.18. The maximum absolute atomic E-state index is 13.6. The van der Waals surface area contributed by atoms with Gasteiger partial charge in [0.1, 0.15) is 6.61 Å². The molecule has 1 saturated carbocycles. The Kier molecular flexibility index (Phi) is 10.2. The summed E-state index contributed by atoms with van der Waals surface area (Å²) < 4.78 is 5.60. The van der Waals surface area contributed by atoms with Crippen LogP contribution in [0.3, 0.4) is 0 Å². The second-order valence-corrected chi connectivity index (χ2v) is 10.7. The molecule has 0 saturated heterocycles. The van der Waals surface area contributed by atoms with Gasteiger partial charge >= 0.3 is 5.97 Å². The van der Waals surface area contributed by atoms with Crippen LogP contribution in [0.25, 0.3) is 0 Å². The average Bonchev–Trinajstić information content (AvgIpc) is 2.80. The quantitative estimate of drug-likeness (QED) is 0.224. The largest absolute Gasteiger partial charge is 0.461 e. The molecule has 190 valence electrons. The van der Waals surface area contributed by atoms with Gasteiger partial charge < -0.3 is 10.1 Å². The summed E-state index contributed by atoms with van der Waals surface area (Å²) in [5, 5.41) is 3.89. The van der Waals surface area contributed by atoms with Crippen molar-refractivity contribution < 1.29 is 14.3 Å². The van der Waals surface area contributed by atoms with Crippen molar-refractivity contribution in [3.05, 3.63) is 64.2 Å². The molecule has 1 atom stereocenters. The van der Waals surface area contributed by atoms with Crippen molar-refractivity contribution in [2.24, 2.45) is 11.3 Å². The highest BCUT2D eigenvalue weighted by atomic mass is 35.5. The van der Waals surface area contributed by atoms with Gasteiger partial charge in [0.2, 0.25) is 5.91 Å². The van der Waals surface area contributed by atoms with Crippen LogP contribution in [0.1, 0.15) is 87.8 Å². The number of halogens is 1. The fourth-order valence-electron chi connectivity index (χ4n) is 5.20. The lowest BCUT2D eigenvalue weighted by Gasteiger charge is -2.42. The number of aryl methyl sites for hydroxylation is 2. The minimum absolute atomic E-state index is 0.0773. The van der Waals surface area contributed by atoms with E-state index in [2.05, 4.69) is 12.2 Å². The maximum Gasteiger partial charge on any atom is 0.306 e. The molecule has 0 heterocycles. The lowest BCUT2D eigenvalue weighted by Crippen LogP contribution is -2.44. The second kappa shape index (κ2) is 13.1. The Morgan fingerprint density at radius 3 is 2.34 bits per heavy atom. The number of hydrogen-bond acceptors (Lipinski definition) is 3. The van der Waals surface area contributed by atoms with E-state index >= 15 is 0 Å². The van der Waals surface area contributed by atoms with Crippen LogP contribution in [-0.4, -0.2) is 11.9 Å². The van der Waals surface area contributed by atoms with E-state index in [0.717, 1.165) is 67.3 Å². The molecule has 0 bridgehead atoms. The summed E-state index contributed by atoms with van der Waals surface area (Å²) in [5.41, 5.74) is 3.38. The Bertz CT molecular complexity index is 961. The fourth-order valence-corrected chi connectivity index (χ4v) is 5.53. The summed E-state index contributed by atoms with van der Waals surface area (Å²) >= 11 is 6.18. The third kappa shape index (κ3) is 7.83. The Labute approximate surface area is 215 Å². The third-order valence-electron chi connectivity index (χ3n) is 7.37. The summed E-state index contributed by atoms with van der Waals surface area (Å²) in [6.07, 6.45) is 9.46. The lowest BCUT2D eigenvalue weighted by atomic mass is 9.62. The van der Waals surface area contributed by atoms with Crippen LogP contribution < -0.4 is 5.32 Å². The highest BCUT2D eigenvalue weighted by Gasteiger charge is 2.45. The maximum atomic E-state index is 13.6. The number of amides is 1. The van der Waals surface area contributed by atoms with E-state index in [0.29, 0.717) is 18.1 Å². The highest BCUT2D eigenvalue weighted by molar-refractivity contribution is 6.30. The molecule has 1 aliphatic rings. The first-order valence-corrected chi connectivity index (χ1v) is 13.5. The molecule has 0 aromatic heterocycles. The fraction of sp³-hybridized carbons (Fsp3) is 0.533. The van der Waals surface area contributed by atoms with Crippen LogP contribution in [0.4, 0.5) is 5.69 Å². The molecule has 5 heteroatoms. The molecule has 3 rings (SSSR count). The third-order valence-corrected chi connectivity index (χ3v) is 7.59. The molecule has 0 aliphatic heterocycles. The molecule has 1 aliphatic carbocycles. The number of ether oxygens (including phenoxy) is 1. The first-order chi connectivity index (χ1) is 16.8. The minimum atomic E-state index is -0.409. The first-order valence-electron chi connectivity index (χ1n) is 13.1. The number of carbonyl (C=O) groups is 2. The second-order valence-electron chi connectivity index (χ2n) is 10.3. The van der Waals surface area contributed by atoms with Crippen LogP contribution >= 0.6 is 11.6 Å². The first kappa shape index (κ1) is 27.3. The molecular weight excluding hydrogens is 458 g/mol. The van der Waals surface area contributed by atoms with Crippen LogP contribution in [-0.2, 0) is 20.9 Å². The molecule has 35 heavy (non-hydrogen) atoms. The van der Waals surface area contributed by atoms with Crippen molar-refractivity contribution in [2.75, 3.05) is 5.32 Å². The zero-order valence-corrected chi connectivity index (χ0v) is 22.3. The monoisotopic (exact) mass is 497 g/mol. The average molecular weight is 498 g/mol. The molecule has 0 radical (unpaired) electrons. The van der Waals surface area contributed by atoms with Gasteiger partial charge in [0.05, 0.1) is 0 Å². The van der Waals surface area contributed by atoms with E-state index in [1.165, 1.54) is 12.8 Å². The number of anilines is 1. The SMILES string of the molecule is CCCCCCC(CC(=O)OCc1ccccc1)CC1(C(=O)Nc2c(C)cc(Cl)cc2C)CCC1. The van der Waals surface area contributed by atoms with Crippen LogP contribution in [0, 0.1) is 25.2 Å². The Hall–Kier alpha value is -2.33. The van der Waals surface area contributed by atoms with Crippen molar-refractivity contribution in [3.63, 3.8) is 0 Å². The number of hydrogen-bond donors (Lipinski definition) is 1. The number of nitrogens with one attached hydrogen (secondary N) is 1. The number of esters is 1. The summed E-state index contributed by atoms with van der Waals surface area (Å²) in [6, 6.07) is 13.5. The standard InChI is InChI=1S/C30H40ClNO3/c1-4-5-6-8-14-25(19-27(33)35-21-24-12-9-7-10-13-24)20-30(15-11-16-30)29(34)32-28-22(2)17-26(31)18-23(28)3/h7,9-10,12-13,17-18,25H,4-6,8,11,14-16,19-21H2,1-3H3,(H,32,34). The van der Waals surface area contributed by atoms with Crippen molar-refractivity contribution >= 4 is 29.2 Å². The van der Waals surface area contributed by atoms with E-state index in [9.17, 15) is 9.59 Å². The zero-order valence-electron chi connectivity index (χ0n) is 21.5.